The van der Waals surface area contributed by atoms with Crippen LogP contribution < -0.4 is 20.1 Å². The Morgan fingerprint density at radius 2 is 1.61 bits per heavy atom. The molecule has 2 N–H and O–H groups in total. The van der Waals surface area contributed by atoms with E-state index < -0.39 is 0 Å². The van der Waals surface area contributed by atoms with E-state index in [-0.39, 0.29) is 12.8 Å². The molecule has 5 nitrogen and oxygen atoms in total. The van der Waals surface area contributed by atoms with Gasteiger partial charge in [0.05, 0.1) is 6.61 Å². The van der Waals surface area contributed by atoms with Crippen molar-refractivity contribution in [3.63, 3.8) is 0 Å². The third-order valence-corrected chi connectivity index (χ3v) is 3.09. The van der Waals surface area contributed by atoms with Crippen LogP contribution in [0.1, 0.15) is 18.1 Å². The largest absolute Gasteiger partial charge is 0.490 e. The van der Waals surface area contributed by atoms with Gasteiger partial charge < -0.3 is 20.1 Å². The molecule has 2 amide bonds. The van der Waals surface area contributed by atoms with E-state index in [9.17, 15) is 4.79 Å². The first-order chi connectivity index (χ1) is 11.1. The van der Waals surface area contributed by atoms with Gasteiger partial charge in [0, 0.05) is 5.69 Å². The number of rotatable bonds is 6. The van der Waals surface area contributed by atoms with Crippen molar-refractivity contribution in [3.8, 4) is 11.5 Å². The van der Waals surface area contributed by atoms with Crippen molar-refractivity contribution in [1.29, 1.82) is 0 Å². The maximum atomic E-state index is 11.9. The number of nitrogens with one attached hydrogen (secondary N) is 2. The van der Waals surface area contributed by atoms with Crippen LogP contribution in [0.2, 0.25) is 0 Å². The molecule has 0 heterocycles. The lowest BCUT2D eigenvalue weighted by Crippen LogP contribution is -2.32. The number of ether oxygens (including phenoxy) is 2. The number of carbonyl (C=O) groups excluding carboxylic acids is 1. The van der Waals surface area contributed by atoms with E-state index in [0.717, 1.165) is 16.8 Å². The molecular formula is C18H22N2O3. The number of amides is 2. The van der Waals surface area contributed by atoms with E-state index in [1.807, 2.05) is 51.1 Å². The Hall–Kier alpha value is -2.69. The lowest BCUT2D eigenvalue weighted by atomic mass is 10.1. The van der Waals surface area contributed by atoms with E-state index in [0.29, 0.717) is 18.1 Å². The van der Waals surface area contributed by atoms with E-state index in [1.165, 1.54) is 0 Å². The van der Waals surface area contributed by atoms with Gasteiger partial charge in [0.25, 0.3) is 0 Å². The molecule has 23 heavy (non-hydrogen) atoms. The fourth-order valence-corrected chi connectivity index (χ4v) is 2.25. The van der Waals surface area contributed by atoms with Gasteiger partial charge in [0.1, 0.15) is 0 Å². The highest BCUT2D eigenvalue weighted by molar-refractivity contribution is 5.89. The van der Waals surface area contributed by atoms with Crippen LogP contribution in [0.5, 0.6) is 11.5 Å². The zero-order chi connectivity index (χ0) is 16.7. The monoisotopic (exact) mass is 314 g/mol. The Labute approximate surface area is 136 Å². The van der Waals surface area contributed by atoms with Crippen LogP contribution in [-0.4, -0.2) is 19.4 Å². The van der Waals surface area contributed by atoms with Crippen LogP contribution in [0, 0.1) is 13.8 Å². The molecule has 0 saturated carbocycles. The summed E-state index contributed by atoms with van der Waals surface area (Å²) in [4.78, 5) is 11.9. The zero-order valence-corrected chi connectivity index (χ0v) is 13.7. The minimum absolute atomic E-state index is 0.0563. The standard InChI is InChI=1S/C18H22N2O3/c1-4-22-16-7-5-6-8-17(16)23-12-19-18(21)20-15-10-13(2)9-14(3)11-15/h5-11H,4,12H2,1-3H3,(H2,19,20,21). The molecule has 0 aliphatic heterocycles. The van der Waals surface area contributed by atoms with Crippen LogP contribution in [0.4, 0.5) is 10.5 Å². The molecule has 0 atom stereocenters. The number of aryl methyl sites for hydroxylation is 2. The third-order valence-electron chi connectivity index (χ3n) is 3.09. The normalized spacial score (nSPS) is 10.0. The number of urea groups is 1. The summed E-state index contributed by atoms with van der Waals surface area (Å²) in [6.07, 6.45) is 0. The van der Waals surface area contributed by atoms with Crippen LogP contribution in [-0.2, 0) is 0 Å². The topological polar surface area (TPSA) is 59.6 Å². The van der Waals surface area contributed by atoms with Crippen LogP contribution in [0.25, 0.3) is 0 Å². The first kappa shape index (κ1) is 16.7. The molecular weight excluding hydrogens is 292 g/mol. The van der Waals surface area contributed by atoms with Crippen molar-refractivity contribution in [1.82, 2.24) is 5.32 Å². The van der Waals surface area contributed by atoms with Crippen LogP contribution in [0.15, 0.2) is 42.5 Å². The Balaban J connectivity index is 1.85. The predicted octanol–water partition coefficient (Wildman–Crippen LogP) is 3.86. The average molecular weight is 314 g/mol. The van der Waals surface area contributed by atoms with Crippen LogP contribution >= 0.6 is 0 Å². The second kappa shape index (κ2) is 8.08. The minimum atomic E-state index is -0.316. The van der Waals surface area contributed by atoms with Gasteiger partial charge in [0.15, 0.2) is 18.2 Å². The van der Waals surface area contributed by atoms with Gasteiger partial charge in [-0.1, -0.05) is 18.2 Å². The lowest BCUT2D eigenvalue weighted by Gasteiger charge is -2.13. The molecule has 0 radical (unpaired) electrons. The highest BCUT2D eigenvalue weighted by Crippen LogP contribution is 2.25. The van der Waals surface area contributed by atoms with Crippen LogP contribution in [0.3, 0.4) is 0 Å². The van der Waals surface area contributed by atoms with E-state index >= 15 is 0 Å². The Kier molecular flexibility index (Phi) is 5.86. The van der Waals surface area contributed by atoms with Crippen molar-refractivity contribution < 1.29 is 14.3 Å². The summed E-state index contributed by atoms with van der Waals surface area (Å²) < 4.78 is 11.0. The van der Waals surface area contributed by atoms with Crippen molar-refractivity contribution >= 4 is 11.7 Å². The maximum absolute atomic E-state index is 11.9. The molecule has 5 heteroatoms. The molecule has 122 valence electrons. The summed E-state index contributed by atoms with van der Waals surface area (Å²) in [7, 11) is 0. The molecule has 2 aromatic carbocycles. The molecule has 0 fully saturated rings. The number of hydrogen-bond acceptors (Lipinski definition) is 3. The van der Waals surface area contributed by atoms with Gasteiger partial charge in [-0.15, -0.1) is 0 Å². The van der Waals surface area contributed by atoms with Crippen molar-refractivity contribution in [3.05, 3.63) is 53.6 Å². The summed E-state index contributed by atoms with van der Waals surface area (Å²) >= 11 is 0. The van der Waals surface area contributed by atoms with Gasteiger partial charge in [-0.2, -0.15) is 0 Å². The first-order valence-corrected chi connectivity index (χ1v) is 7.56. The predicted molar refractivity (Wildman–Crippen MR) is 91.2 cm³/mol. The fourth-order valence-electron chi connectivity index (χ4n) is 2.25. The van der Waals surface area contributed by atoms with Gasteiger partial charge >= 0.3 is 6.03 Å². The Morgan fingerprint density at radius 1 is 1.00 bits per heavy atom. The third kappa shape index (κ3) is 5.21. The van der Waals surface area contributed by atoms with E-state index in [2.05, 4.69) is 16.7 Å². The fraction of sp³-hybridized carbons (Fsp3) is 0.278. The molecule has 2 rings (SSSR count). The highest BCUT2D eigenvalue weighted by Gasteiger charge is 2.05. The SMILES string of the molecule is CCOc1ccccc1OCNC(=O)Nc1cc(C)cc(C)c1. The molecule has 0 saturated heterocycles. The summed E-state index contributed by atoms with van der Waals surface area (Å²) in [6.45, 7) is 6.50. The first-order valence-electron chi connectivity index (χ1n) is 7.56. The smallest absolute Gasteiger partial charge is 0.321 e. The zero-order valence-electron chi connectivity index (χ0n) is 13.7. The van der Waals surface area contributed by atoms with Gasteiger partial charge in [-0.25, -0.2) is 4.79 Å². The molecule has 0 spiro atoms. The molecule has 0 aliphatic rings. The maximum Gasteiger partial charge on any atom is 0.321 e. The second-order valence-corrected chi connectivity index (χ2v) is 5.18. The molecule has 0 bridgehead atoms. The van der Waals surface area contributed by atoms with E-state index in [1.54, 1.807) is 6.07 Å². The number of benzene rings is 2. The summed E-state index contributed by atoms with van der Waals surface area (Å²) in [6, 6.07) is 12.9. The van der Waals surface area contributed by atoms with Crippen molar-refractivity contribution in [2.24, 2.45) is 0 Å². The second-order valence-electron chi connectivity index (χ2n) is 5.18. The lowest BCUT2D eigenvalue weighted by molar-refractivity contribution is 0.229. The molecule has 0 aromatic heterocycles. The molecule has 0 aliphatic carbocycles. The minimum Gasteiger partial charge on any atom is -0.490 e. The number of hydrogen-bond donors (Lipinski definition) is 2. The molecule has 0 unspecified atom stereocenters. The van der Waals surface area contributed by atoms with E-state index in [4.69, 9.17) is 9.47 Å². The number of anilines is 1. The number of para-hydroxylation sites is 2. The summed E-state index contributed by atoms with van der Waals surface area (Å²) in [5, 5.41) is 5.45. The van der Waals surface area contributed by atoms with Crippen molar-refractivity contribution in [2.45, 2.75) is 20.8 Å². The summed E-state index contributed by atoms with van der Waals surface area (Å²) in [5.41, 5.74) is 2.96. The highest BCUT2D eigenvalue weighted by atomic mass is 16.5. The van der Waals surface area contributed by atoms with Gasteiger partial charge in [0.2, 0.25) is 0 Å². The number of carbonyl (C=O) groups is 1. The Morgan fingerprint density at radius 3 is 2.22 bits per heavy atom. The van der Waals surface area contributed by atoms with Crippen molar-refractivity contribution in [2.75, 3.05) is 18.7 Å². The quantitative estimate of drug-likeness (QED) is 0.796. The Bertz CT molecular complexity index is 651. The van der Waals surface area contributed by atoms with Gasteiger partial charge in [-0.05, 0) is 56.2 Å². The molecule has 2 aromatic rings. The summed E-state index contributed by atoms with van der Waals surface area (Å²) in [5.74, 6) is 1.26. The average Bonchev–Trinajstić information content (AvgIpc) is 2.48. The van der Waals surface area contributed by atoms with Gasteiger partial charge in [-0.3, -0.25) is 0 Å².